The van der Waals surface area contributed by atoms with Crippen LogP contribution < -0.4 is 0 Å². The molecule has 6 nitrogen and oxygen atoms in total. The first-order valence-electron chi connectivity index (χ1n) is 10.9. The number of hydrogen-bond acceptors (Lipinski definition) is 6. The first kappa shape index (κ1) is 21.1. The average molecular weight is 417 g/mol. The number of fused-ring (bicyclic) bond motifs is 5. The van der Waals surface area contributed by atoms with Crippen LogP contribution in [-0.4, -0.2) is 36.2 Å². The van der Waals surface area contributed by atoms with Crippen LogP contribution in [0.2, 0.25) is 0 Å². The van der Waals surface area contributed by atoms with Crippen LogP contribution in [0.15, 0.2) is 23.8 Å². The zero-order chi connectivity index (χ0) is 22.0. The zero-order valence-corrected chi connectivity index (χ0v) is 18.5. The third kappa shape index (κ3) is 3.02. The predicted molar refractivity (Wildman–Crippen MR) is 109 cm³/mol. The van der Waals surface area contributed by atoms with Crippen LogP contribution in [0.4, 0.5) is 0 Å². The molecule has 6 heteroatoms. The number of carbonyl (C=O) groups excluding carboxylic acids is 3. The van der Waals surface area contributed by atoms with Gasteiger partial charge in [-0.2, -0.15) is 0 Å². The van der Waals surface area contributed by atoms with Gasteiger partial charge in [0.05, 0.1) is 5.92 Å². The molecule has 0 amide bonds. The van der Waals surface area contributed by atoms with Gasteiger partial charge in [0.25, 0.3) is 0 Å². The van der Waals surface area contributed by atoms with Crippen molar-refractivity contribution in [2.75, 3.05) is 0 Å². The van der Waals surface area contributed by atoms with Crippen molar-refractivity contribution < 1.29 is 28.6 Å². The van der Waals surface area contributed by atoms with Crippen LogP contribution in [0.3, 0.4) is 0 Å². The lowest BCUT2D eigenvalue weighted by Gasteiger charge is -2.61. The van der Waals surface area contributed by atoms with Gasteiger partial charge in [0, 0.05) is 24.8 Å². The lowest BCUT2D eigenvalue weighted by molar-refractivity contribution is -0.186. The second kappa shape index (κ2) is 6.96. The molecule has 4 aliphatic rings. The summed E-state index contributed by atoms with van der Waals surface area (Å²) < 4.78 is 17.3. The molecule has 3 aliphatic carbocycles. The normalized spacial score (nSPS) is 41.6. The van der Waals surface area contributed by atoms with Gasteiger partial charge >= 0.3 is 17.9 Å². The van der Waals surface area contributed by atoms with Gasteiger partial charge in [0.15, 0.2) is 0 Å². The van der Waals surface area contributed by atoms with Gasteiger partial charge in [0.1, 0.15) is 18.3 Å². The summed E-state index contributed by atoms with van der Waals surface area (Å²) in [5, 5.41) is 0. The minimum atomic E-state index is -0.479. The summed E-state index contributed by atoms with van der Waals surface area (Å²) in [5.41, 5.74) is 1.19. The van der Waals surface area contributed by atoms with Gasteiger partial charge in [-0.15, -0.1) is 0 Å². The molecular formula is C24H32O6. The molecule has 0 radical (unpaired) electrons. The molecule has 164 valence electrons. The number of carbonyl (C=O) groups is 3. The van der Waals surface area contributed by atoms with Crippen LogP contribution in [0.1, 0.15) is 60.3 Å². The summed E-state index contributed by atoms with van der Waals surface area (Å²) in [5.74, 6) is -1.14. The van der Waals surface area contributed by atoms with Crippen molar-refractivity contribution in [1.82, 2.24) is 0 Å². The molecule has 3 fully saturated rings. The van der Waals surface area contributed by atoms with Gasteiger partial charge in [-0.3, -0.25) is 9.59 Å². The second-order valence-electron chi connectivity index (χ2n) is 10.3. The Hall–Kier alpha value is -2.11. The van der Waals surface area contributed by atoms with Crippen molar-refractivity contribution in [2.24, 2.45) is 28.6 Å². The highest BCUT2D eigenvalue weighted by Crippen LogP contribution is 2.64. The predicted octanol–water partition coefficient (Wildman–Crippen LogP) is 3.74. The molecular weight excluding hydrogens is 384 g/mol. The smallest absolute Gasteiger partial charge is 0.334 e. The van der Waals surface area contributed by atoms with E-state index in [0.717, 1.165) is 24.8 Å². The van der Waals surface area contributed by atoms with Crippen molar-refractivity contribution in [2.45, 2.75) is 78.6 Å². The molecule has 0 bridgehead atoms. The van der Waals surface area contributed by atoms with Crippen molar-refractivity contribution in [1.29, 1.82) is 0 Å². The Labute approximate surface area is 178 Å². The highest BCUT2D eigenvalue weighted by atomic mass is 16.6. The van der Waals surface area contributed by atoms with E-state index < -0.39 is 18.2 Å². The van der Waals surface area contributed by atoms with Crippen molar-refractivity contribution in [3.63, 3.8) is 0 Å². The number of ether oxygens (including phenoxy) is 3. The molecule has 1 heterocycles. The topological polar surface area (TPSA) is 78.9 Å². The third-order valence-corrected chi connectivity index (χ3v) is 8.23. The largest absolute Gasteiger partial charge is 0.462 e. The fraction of sp³-hybridized carbons (Fsp3) is 0.708. The van der Waals surface area contributed by atoms with Crippen LogP contribution >= 0.6 is 0 Å². The van der Waals surface area contributed by atoms with E-state index >= 15 is 0 Å². The highest BCUT2D eigenvalue weighted by Gasteiger charge is 2.64. The monoisotopic (exact) mass is 416 g/mol. The summed E-state index contributed by atoms with van der Waals surface area (Å²) in [6.07, 6.45) is 4.25. The molecule has 1 aliphatic heterocycles. The van der Waals surface area contributed by atoms with E-state index in [0.29, 0.717) is 17.9 Å². The Morgan fingerprint density at radius 1 is 1.17 bits per heavy atom. The van der Waals surface area contributed by atoms with Gasteiger partial charge in [-0.1, -0.05) is 33.4 Å². The molecule has 0 aromatic rings. The summed E-state index contributed by atoms with van der Waals surface area (Å²) in [6.45, 7) is 13.5. The van der Waals surface area contributed by atoms with Crippen LogP contribution in [0, 0.1) is 28.6 Å². The zero-order valence-electron chi connectivity index (χ0n) is 18.5. The average Bonchev–Trinajstić information content (AvgIpc) is 2.93. The van der Waals surface area contributed by atoms with Gasteiger partial charge < -0.3 is 14.2 Å². The summed E-state index contributed by atoms with van der Waals surface area (Å²) in [4.78, 5) is 36.2. The van der Waals surface area contributed by atoms with E-state index in [1.807, 2.05) is 0 Å². The van der Waals surface area contributed by atoms with E-state index in [4.69, 9.17) is 14.2 Å². The minimum absolute atomic E-state index is 0.00975. The molecule has 30 heavy (non-hydrogen) atoms. The number of rotatable bonds is 2. The first-order valence-corrected chi connectivity index (χ1v) is 10.9. The quantitative estimate of drug-likeness (QED) is 0.295. The van der Waals surface area contributed by atoms with Crippen LogP contribution in [-0.2, 0) is 28.6 Å². The highest BCUT2D eigenvalue weighted by molar-refractivity contribution is 5.91. The van der Waals surface area contributed by atoms with Crippen LogP contribution in [0.5, 0.6) is 0 Å². The Kier molecular flexibility index (Phi) is 4.90. The fourth-order valence-corrected chi connectivity index (χ4v) is 6.93. The van der Waals surface area contributed by atoms with Crippen LogP contribution in [0.25, 0.3) is 0 Å². The molecule has 0 aromatic carbocycles. The number of allylic oxidation sites excluding steroid dienone is 1. The summed E-state index contributed by atoms with van der Waals surface area (Å²) in [6, 6.07) is 0. The standard InChI is InChI=1S/C24H32O6/c1-12-20-17(28-13(2)25)11-16-15(21(20)30-22(12)27)7-8-18-23(4,5)10-9-19(24(16,18)6)29-14(3)26/h7,16-21H,1,8-11H2,2-6H3. The Balaban J connectivity index is 1.81. The maximum absolute atomic E-state index is 12.4. The lowest BCUT2D eigenvalue weighted by Crippen LogP contribution is -2.60. The van der Waals surface area contributed by atoms with E-state index in [-0.39, 0.29) is 40.7 Å². The van der Waals surface area contributed by atoms with Crippen molar-refractivity contribution >= 4 is 17.9 Å². The van der Waals surface area contributed by atoms with E-state index in [1.165, 1.54) is 13.8 Å². The maximum Gasteiger partial charge on any atom is 0.334 e. The number of esters is 3. The Morgan fingerprint density at radius 3 is 2.47 bits per heavy atom. The van der Waals surface area contributed by atoms with E-state index in [2.05, 4.69) is 33.4 Å². The second-order valence-corrected chi connectivity index (χ2v) is 10.3. The van der Waals surface area contributed by atoms with E-state index in [9.17, 15) is 14.4 Å². The molecule has 0 aromatic heterocycles. The summed E-state index contributed by atoms with van der Waals surface area (Å²) >= 11 is 0. The third-order valence-electron chi connectivity index (χ3n) is 8.23. The van der Waals surface area contributed by atoms with Gasteiger partial charge in [-0.05, 0) is 48.5 Å². The minimum Gasteiger partial charge on any atom is -0.462 e. The summed E-state index contributed by atoms with van der Waals surface area (Å²) in [7, 11) is 0. The molecule has 4 rings (SSSR count). The van der Waals surface area contributed by atoms with E-state index in [1.54, 1.807) is 0 Å². The fourth-order valence-electron chi connectivity index (χ4n) is 6.93. The molecule has 0 spiro atoms. The Morgan fingerprint density at radius 2 is 1.83 bits per heavy atom. The molecule has 2 saturated carbocycles. The molecule has 7 atom stereocenters. The van der Waals surface area contributed by atoms with Gasteiger partial charge in [0.2, 0.25) is 0 Å². The van der Waals surface area contributed by atoms with Gasteiger partial charge in [-0.25, -0.2) is 4.79 Å². The lowest BCUT2D eigenvalue weighted by atomic mass is 9.45. The molecule has 7 unspecified atom stereocenters. The number of hydrogen-bond donors (Lipinski definition) is 0. The SMILES string of the molecule is C=C1C(=O)OC2C3=CCC4C(C)(C)CCC(OC(C)=O)C4(C)C3CC(OC(C)=O)C12. The van der Waals surface area contributed by atoms with Crippen molar-refractivity contribution in [3.8, 4) is 0 Å². The maximum atomic E-state index is 12.4. The van der Waals surface area contributed by atoms with Crippen molar-refractivity contribution in [3.05, 3.63) is 23.8 Å². The first-order chi connectivity index (χ1) is 14.0. The Bertz CT molecular complexity index is 839. The molecule has 0 N–H and O–H groups in total. The molecule has 1 saturated heterocycles.